The molecular weight excluding hydrogens is 392 g/mol. The van der Waals surface area contributed by atoms with E-state index < -0.39 is 6.04 Å². The first kappa shape index (κ1) is 22.7. The Morgan fingerprint density at radius 2 is 1.84 bits per heavy atom. The van der Waals surface area contributed by atoms with Gasteiger partial charge in [-0.25, -0.2) is 0 Å². The molecule has 0 radical (unpaired) electrons. The molecule has 3 rings (SSSR count). The number of hydrogen-bond donors (Lipinski definition) is 1. The lowest BCUT2D eigenvalue weighted by molar-refractivity contribution is -0.141. The minimum atomic E-state index is -0.507. The van der Waals surface area contributed by atoms with E-state index in [-0.39, 0.29) is 24.6 Å². The Balaban J connectivity index is 1.76. The van der Waals surface area contributed by atoms with Gasteiger partial charge in [-0.3, -0.25) is 9.59 Å². The zero-order chi connectivity index (χ0) is 22.4. The molecule has 2 aromatic rings. The molecule has 1 aliphatic rings. The minimum Gasteiger partial charge on any atom is -0.454 e. The highest BCUT2D eigenvalue weighted by Gasteiger charge is 2.28. The molecule has 0 unspecified atom stereocenters. The summed E-state index contributed by atoms with van der Waals surface area (Å²) in [7, 11) is 0. The maximum atomic E-state index is 13.3. The second-order valence-corrected chi connectivity index (χ2v) is 8.29. The van der Waals surface area contributed by atoms with Gasteiger partial charge < -0.3 is 19.7 Å². The van der Waals surface area contributed by atoms with Gasteiger partial charge in [0, 0.05) is 19.0 Å². The van der Waals surface area contributed by atoms with Crippen LogP contribution in [-0.4, -0.2) is 35.6 Å². The number of hydrogen-bond acceptors (Lipinski definition) is 4. The van der Waals surface area contributed by atoms with Crippen molar-refractivity contribution in [1.29, 1.82) is 0 Å². The van der Waals surface area contributed by atoms with E-state index in [2.05, 4.69) is 11.4 Å². The molecule has 0 bridgehead atoms. The number of nitrogens with one attached hydrogen (secondary N) is 1. The smallest absolute Gasteiger partial charge is 0.243 e. The van der Waals surface area contributed by atoms with E-state index >= 15 is 0 Å². The number of carbonyl (C=O) groups is 2. The van der Waals surface area contributed by atoms with Gasteiger partial charge in [-0.05, 0) is 56.9 Å². The lowest BCUT2D eigenvalue weighted by Gasteiger charge is -2.31. The number of benzene rings is 2. The van der Waals surface area contributed by atoms with E-state index in [4.69, 9.17) is 9.47 Å². The Labute approximate surface area is 184 Å². The Morgan fingerprint density at radius 1 is 1.06 bits per heavy atom. The van der Waals surface area contributed by atoms with E-state index in [1.165, 1.54) is 0 Å². The van der Waals surface area contributed by atoms with Gasteiger partial charge in [-0.15, -0.1) is 0 Å². The van der Waals surface area contributed by atoms with E-state index in [1.807, 2.05) is 64.1 Å². The molecule has 1 atom stereocenters. The summed E-state index contributed by atoms with van der Waals surface area (Å²) in [6.07, 6.45) is 1.44. The van der Waals surface area contributed by atoms with Gasteiger partial charge in [0.1, 0.15) is 6.04 Å². The Morgan fingerprint density at radius 3 is 2.55 bits per heavy atom. The van der Waals surface area contributed by atoms with Crippen molar-refractivity contribution >= 4 is 11.8 Å². The maximum Gasteiger partial charge on any atom is 0.243 e. The number of ether oxygens (including phenoxy) is 2. The van der Waals surface area contributed by atoms with Crippen LogP contribution < -0.4 is 14.8 Å². The highest BCUT2D eigenvalue weighted by molar-refractivity contribution is 5.87. The molecular formula is C25H32N2O4. The van der Waals surface area contributed by atoms with E-state index in [0.717, 1.165) is 22.4 Å². The molecule has 0 saturated heterocycles. The summed E-state index contributed by atoms with van der Waals surface area (Å²) in [6.45, 7) is 8.46. The number of amides is 2. The van der Waals surface area contributed by atoms with Crippen molar-refractivity contribution in [2.45, 2.75) is 65.6 Å². The lowest BCUT2D eigenvalue weighted by atomic mass is 10.0. The van der Waals surface area contributed by atoms with Crippen molar-refractivity contribution in [3.8, 4) is 11.5 Å². The van der Waals surface area contributed by atoms with Gasteiger partial charge >= 0.3 is 0 Å². The molecule has 1 aliphatic heterocycles. The average Bonchev–Trinajstić information content (AvgIpc) is 3.19. The summed E-state index contributed by atoms with van der Waals surface area (Å²) < 4.78 is 10.8. The fourth-order valence-corrected chi connectivity index (χ4v) is 3.80. The zero-order valence-electron chi connectivity index (χ0n) is 18.8. The summed E-state index contributed by atoms with van der Waals surface area (Å²) >= 11 is 0. The third-order valence-electron chi connectivity index (χ3n) is 5.32. The van der Waals surface area contributed by atoms with Crippen molar-refractivity contribution in [1.82, 2.24) is 10.2 Å². The number of fused-ring (bicyclic) bond motifs is 1. The van der Waals surface area contributed by atoms with E-state index in [9.17, 15) is 9.59 Å². The summed E-state index contributed by atoms with van der Waals surface area (Å²) in [6, 6.07) is 13.3. The quantitative estimate of drug-likeness (QED) is 0.661. The highest BCUT2D eigenvalue weighted by Crippen LogP contribution is 2.32. The molecule has 2 amide bonds. The SMILES string of the molecule is CC[C@@H](C(=O)NC(C)C)N(Cc1cccc(C)c1)C(=O)CCc1ccc2c(c1)OCO2. The summed E-state index contributed by atoms with van der Waals surface area (Å²) in [4.78, 5) is 27.9. The molecule has 2 aromatic carbocycles. The van der Waals surface area contributed by atoms with Crippen LogP contribution in [0.4, 0.5) is 0 Å². The summed E-state index contributed by atoms with van der Waals surface area (Å²) in [5, 5.41) is 2.97. The topological polar surface area (TPSA) is 67.9 Å². The van der Waals surface area contributed by atoms with Crippen LogP contribution in [0.3, 0.4) is 0 Å². The van der Waals surface area contributed by atoms with E-state index in [1.54, 1.807) is 4.90 Å². The molecule has 1 N–H and O–H groups in total. The molecule has 0 aromatic heterocycles. The summed E-state index contributed by atoms with van der Waals surface area (Å²) in [5.41, 5.74) is 3.16. The maximum absolute atomic E-state index is 13.3. The third-order valence-corrected chi connectivity index (χ3v) is 5.32. The van der Waals surface area contributed by atoms with Gasteiger partial charge in [0.25, 0.3) is 0 Å². The molecule has 1 heterocycles. The van der Waals surface area contributed by atoms with Crippen LogP contribution in [0.15, 0.2) is 42.5 Å². The normalized spacial score (nSPS) is 13.2. The van der Waals surface area contributed by atoms with Crippen molar-refractivity contribution in [2.75, 3.05) is 6.79 Å². The fourth-order valence-electron chi connectivity index (χ4n) is 3.80. The van der Waals surface area contributed by atoms with Crippen molar-refractivity contribution in [3.63, 3.8) is 0 Å². The number of aryl methyl sites for hydroxylation is 2. The molecule has 166 valence electrons. The minimum absolute atomic E-state index is 0.0195. The number of nitrogens with zero attached hydrogens (tertiary/aromatic N) is 1. The van der Waals surface area contributed by atoms with Crippen molar-refractivity contribution in [3.05, 3.63) is 59.2 Å². The van der Waals surface area contributed by atoms with E-state index in [0.29, 0.717) is 31.6 Å². The summed E-state index contributed by atoms with van der Waals surface area (Å²) in [5.74, 6) is 1.29. The second kappa shape index (κ2) is 10.3. The molecule has 6 nitrogen and oxygen atoms in total. The van der Waals surface area contributed by atoms with Crippen LogP contribution in [-0.2, 0) is 22.6 Å². The zero-order valence-corrected chi connectivity index (χ0v) is 18.8. The predicted molar refractivity (Wildman–Crippen MR) is 120 cm³/mol. The second-order valence-electron chi connectivity index (χ2n) is 8.29. The van der Waals surface area contributed by atoms with Crippen LogP contribution in [0.2, 0.25) is 0 Å². The van der Waals surface area contributed by atoms with Crippen molar-refractivity contribution < 1.29 is 19.1 Å². The fraction of sp³-hybridized carbons (Fsp3) is 0.440. The molecule has 31 heavy (non-hydrogen) atoms. The van der Waals surface area contributed by atoms with Gasteiger partial charge in [0.2, 0.25) is 18.6 Å². The van der Waals surface area contributed by atoms with Crippen LogP contribution in [0.1, 0.15) is 50.3 Å². The molecule has 0 fully saturated rings. The monoisotopic (exact) mass is 424 g/mol. The van der Waals surface area contributed by atoms with Crippen LogP contribution >= 0.6 is 0 Å². The molecule has 0 aliphatic carbocycles. The van der Waals surface area contributed by atoms with Crippen LogP contribution in [0, 0.1) is 6.92 Å². The van der Waals surface area contributed by atoms with Crippen LogP contribution in [0.5, 0.6) is 11.5 Å². The average molecular weight is 425 g/mol. The van der Waals surface area contributed by atoms with Gasteiger partial charge in [-0.1, -0.05) is 42.8 Å². The Kier molecular flexibility index (Phi) is 7.55. The largest absolute Gasteiger partial charge is 0.454 e. The first-order chi connectivity index (χ1) is 14.9. The number of rotatable bonds is 9. The number of carbonyl (C=O) groups excluding carboxylic acids is 2. The molecule has 0 saturated carbocycles. The van der Waals surface area contributed by atoms with Gasteiger partial charge in [-0.2, -0.15) is 0 Å². The first-order valence-electron chi connectivity index (χ1n) is 10.9. The standard InChI is InChI=1S/C25H32N2O4/c1-5-21(25(29)26-17(2)3)27(15-20-8-6-7-18(4)13-20)24(28)12-10-19-9-11-22-23(14-19)31-16-30-22/h6-9,11,13-14,17,21H,5,10,12,15-16H2,1-4H3,(H,26,29)/t21-/m0/s1. The Hall–Kier alpha value is -3.02. The Bertz CT molecular complexity index is 925. The van der Waals surface area contributed by atoms with Crippen molar-refractivity contribution in [2.24, 2.45) is 0 Å². The lowest BCUT2D eigenvalue weighted by Crippen LogP contribution is -2.50. The van der Waals surface area contributed by atoms with Gasteiger partial charge in [0.05, 0.1) is 0 Å². The first-order valence-corrected chi connectivity index (χ1v) is 10.9. The van der Waals surface area contributed by atoms with Gasteiger partial charge in [0.15, 0.2) is 11.5 Å². The third kappa shape index (κ3) is 6.00. The highest BCUT2D eigenvalue weighted by atomic mass is 16.7. The molecule has 6 heteroatoms. The predicted octanol–water partition coefficient (Wildman–Crippen LogP) is 3.99. The molecule has 0 spiro atoms. The van der Waals surface area contributed by atoms with Crippen LogP contribution in [0.25, 0.3) is 0 Å².